The van der Waals surface area contributed by atoms with Crippen molar-refractivity contribution in [2.24, 2.45) is 5.92 Å². The average molecular weight is 177 g/mol. The molecular formula is C11H15NO. The van der Waals surface area contributed by atoms with Crippen LogP contribution in [-0.2, 0) is 11.4 Å². The van der Waals surface area contributed by atoms with Gasteiger partial charge in [-0.1, -0.05) is 30.3 Å². The Morgan fingerprint density at radius 2 is 2.00 bits per heavy atom. The molecule has 1 saturated carbocycles. The quantitative estimate of drug-likeness (QED) is 0.549. The highest BCUT2D eigenvalue weighted by atomic mass is 16.6. The molecule has 0 atom stereocenters. The molecule has 0 radical (unpaired) electrons. The van der Waals surface area contributed by atoms with Gasteiger partial charge in [-0.2, -0.15) is 5.48 Å². The fraction of sp³-hybridized carbons (Fsp3) is 0.455. The topological polar surface area (TPSA) is 21.3 Å². The molecule has 1 aliphatic carbocycles. The van der Waals surface area contributed by atoms with Gasteiger partial charge >= 0.3 is 0 Å². The van der Waals surface area contributed by atoms with E-state index in [-0.39, 0.29) is 0 Å². The van der Waals surface area contributed by atoms with Gasteiger partial charge < -0.3 is 4.84 Å². The Balaban J connectivity index is 1.61. The maximum absolute atomic E-state index is 5.31. The van der Waals surface area contributed by atoms with Gasteiger partial charge in [-0.05, 0) is 24.3 Å². The Hall–Kier alpha value is -0.860. The van der Waals surface area contributed by atoms with Crippen LogP contribution >= 0.6 is 0 Å². The van der Waals surface area contributed by atoms with Crippen molar-refractivity contribution in [2.45, 2.75) is 19.4 Å². The predicted molar refractivity (Wildman–Crippen MR) is 52.0 cm³/mol. The molecule has 0 bridgehead atoms. The van der Waals surface area contributed by atoms with Crippen molar-refractivity contribution in [3.05, 3.63) is 35.9 Å². The van der Waals surface area contributed by atoms with Gasteiger partial charge in [0.05, 0.1) is 6.61 Å². The molecular weight excluding hydrogens is 162 g/mol. The molecule has 1 aliphatic rings. The summed E-state index contributed by atoms with van der Waals surface area (Å²) in [5.74, 6) is 0.822. The molecule has 0 unspecified atom stereocenters. The Kier molecular flexibility index (Phi) is 2.95. The summed E-state index contributed by atoms with van der Waals surface area (Å²) in [5.41, 5.74) is 4.24. The minimum Gasteiger partial charge on any atom is -0.301 e. The molecule has 2 rings (SSSR count). The molecule has 13 heavy (non-hydrogen) atoms. The second kappa shape index (κ2) is 4.40. The lowest BCUT2D eigenvalue weighted by molar-refractivity contribution is 0.0294. The molecule has 70 valence electrons. The van der Waals surface area contributed by atoms with Crippen LogP contribution in [0.25, 0.3) is 0 Å². The largest absolute Gasteiger partial charge is 0.301 e. The molecule has 0 amide bonds. The van der Waals surface area contributed by atoms with Crippen LogP contribution in [0.5, 0.6) is 0 Å². The fourth-order valence-corrected chi connectivity index (χ4v) is 1.19. The van der Waals surface area contributed by atoms with E-state index < -0.39 is 0 Å². The van der Waals surface area contributed by atoms with E-state index in [0.29, 0.717) is 0 Å². The van der Waals surface area contributed by atoms with Gasteiger partial charge in [-0.15, -0.1) is 0 Å². The second-order valence-corrected chi connectivity index (χ2v) is 3.56. The number of hydrogen-bond acceptors (Lipinski definition) is 2. The van der Waals surface area contributed by atoms with Gasteiger partial charge in [0, 0.05) is 6.54 Å². The third kappa shape index (κ3) is 3.17. The van der Waals surface area contributed by atoms with Crippen molar-refractivity contribution in [3.63, 3.8) is 0 Å². The second-order valence-electron chi connectivity index (χ2n) is 3.56. The first-order valence-electron chi connectivity index (χ1n) is 4.84. The molecule has 0 heterocycles. The molecule has 1 fully saturated rings. The first kappa shape index (κ1) is 8.73. The van der Waals surface area contributed by atoms with Crippen LogP contribution in [-0.4, -0.2) is 6.61 Å². The number of hydrogen-bond donors (Lipinski definition) is 1. The van der Waals surface area contributed by atoms with Crippen molar-refractivity contribution < 1.29 is 4.84 Å². The molecule has 1 aromatic carbocycles. The Bertz CT molecular complexity index is 244. The van der Waals surface area contributed by atoms with Gasteiger partial charge in [0.1, 0.15) is 0 Å². The highest BCUT2D eigenvalue weighted by Crippen LogP contribution is 2.28. The summed E-state index contributed by atoms with van der Waals surface area (Å²) in [5, 5.41) is 0. The van der Waals surface area contributed by atoms with Crippen LogP contribution in [0.2, 0.25) is 0 Å². The summed E-state index contributed by atoms with van der Waals surface area (Å²) in [6, 6.07) is 10.3. The summed E-state index contributed by atoms with van der Waals surface area (Å²) >= 11 is 0. The minimum absolute atomic E-state index is 0.799. The molecule has 2 heteroatoms. The summed E-state index contributed by atoms with van der Waals surface area (Å²) in [6.45, 7) is 1.67. The molecule has 0 aromatic heterocycles. The van der Waals surface area contributed by atoms with Gasteiger partial charge in [-0.3, -0.25) is 0 Å². The Morgan fingerprint density at radius 1 is 1.23 bits per heavy atom. The lowest BCUT2D eigenvalue weighted by Gasteiger charge is -2.04. The van der Waals surface area contributed by atoms with Gasteiger partial charge in [0.15, 0.2) is 0 Å². The highest BCUT2D eigenvalue weighted by Gasteiger charge is 2.21. The maximum atomic E-state index is 5.31. The number of nitrogens with one attached hydrogen (secondary N) is 1. The lowest BCUT2D eigenvalue weighted by atomic mass is 10.2. The van der Waals surface area contributed by atoms with Crippen molar-refractivity contribution in [2.75, 3.05) is 6.61 Å². The van der Waals surface area contributed by atoms with E-state index in [0.717, 1.165) is 19.1 Å². The lowest BCUT2D eigenvalue weighted by Crippen LogP contribution is -2.15. The third-order valence-electron chi connectivity index (χ3n) is 2.24. The van der Waals surface area contributed by atoms with E-state index in [1.165, 1.54) is 18.4 Å². The van der Waals surface area contributed by atoms with E-state index in [1.807, 2.05) is 18.2 Å². The standard InChI is InChI=1S/C11H15NO/c1-2-4-10(5-3-1)8-12-13-9-11-6-7-11/h1-5,11-12H,6-9H2. The highest BCUT2D eigenvalue weighted by molar-refractivity contribution is 5.13. The minimum atomic E-state index is 0.799. The Morgan fingerprint density at radius 3 is 2.69 bits per heavy atom. The number of hydroxylamine groups is 1. The molecule has 1 N–H and O–H groups in total. The summed E-state index contributed by atoms with van der Waals surface area (Å²) in [6.07, 6.45) is 2.68. The number of benzene rings is 1. The molecule has 0 spiro atoms. The van der Waals surface area contributed by atoms with Crippen LogP contribution < -0.4 is 5.48 Å². The summed E-state index contributed by atoms with van der Waals surface area (Å²) < 4.78 is 0. The fourth-order valence-electron chi connectivity index (χ4n) is 1.19. The molecule has 2 nitrogen and oxygen atoms in total. The van der Waals surface area contributed by atoms with Crippen molar-refractivity contribution in [1.82, 2.24) is 5.48 Å². The number of rotatable bonds is 5. The normalized spacial score (nSPS) is 16.0. The van der Waals surface area contributed by atoms with Crippen LogP contribution in [0.3, 0.4) is 0 Å². The van der Waals surface area contributed by atoms with E-state index in [9.17, 15) is 0 Å². The van der Waals surface area contributed by atoms with Gasteiger partial charge in [0.2, 0.25) is 0 Å². The zero-order valence-corrected chi connectivity index (χ0v) is 7.70. The monoisotopic (exact) mass is 177 g/mol. The van der Waals surface area contributed by atoms with E-state index in [1.54, 1.807) is 0 Å². The summed E-state index contributed by atoms with van der Waals surface area (Å²) in [7, 11) is 0. The van der Waals surface area contributed by atoms with E-state index in [2.05, 4.69) is 17.6 Å². The SMILES string of the molecule is c1ccc(CNOCC2CC2)cc1. The van der Waals surface area contributed by atoms with Crippen LogP contribution in [0.15, 0.2) is 30.3 Å². The zero-order chi connectivity index (χ0) is 8.93. The average Bonchev–Trinajstić information content (AvgIpc) is 2.98. The van der Waals surface area contributed by atoms with E-state index in [4.69, 9.17) is 4.84 Å². The van der Waals surface area contributed by atoms with Crippen molar-refractivity contribution >= 4 is 0 Å². The van der Waals surface area contributed by atoms with Crippen molar-refractivity contribution in [3.8, 4) is 0 Å². The predicted octanol–water partition coefficient (Wildman–Crippen LogP) is 2.12. The van der Waals surface area contributed by atoms with Crippen LogP contribution in [0.1, 0.15) is 18.4 Å². The van der Waals surface area contributed by atoms with Gasteiger partial charge in [-0.25, -0.2) is 0 Å². The third-order valence-corrected chi connectivity index (χ3v) is 2.24. The Labute approximate surface area is 78.9 Å². The first-order chi connectivity index (χ1) is 6.45. The van der Waals surface area contributed by atoms with Crippen LogP contribution in [0.4, 0.5) is 0 Å². The molecule has 0 aliphatic heterocycles. The zero-order valence-electron chi connectivity index (χ0n) is 7.70. The molecule has 0 saturated heterocycles. The first-order valence-corrected chi connectivity index (χ1v) is 4.84. The van der Waals surface area contributed by atoms with Crippen molar-refractivity contribution in [1.29, 1.82) is 0 Å². The van der Waals surface area contributed by atoms with E-state index >= 15 is 0 Å². The van der Waals surface area contributed by atoms with Crippen LogP contribution in [0, 0.1) is 5.92 Å². The summed E-state index contributed by atoms with van der Waals surface area (Å²) in [4.78, 5) is 5.31. The smallest absolute Gasteiger partial charge is 0.0710 e. The molecule has 1 aromatic rings. The maximum Gasteiger partial charge on any atom is 0.0710 e. The van der Waals surface area contributed by atoms with Gasteiger partial charge in [0.25, 0.3) is 0 Å².